The summed E-state index contributed by atoms with van der Waals surface area (Å²) in [4.78, 5) is 25.7. The summed E-state index contributed by atoms with van der Waals surface area (Å²) in [6.07, 6.45) is 5.07. The molecule has 154 valence electrons. The van der Waals surface area contributed by atoms with E-state index in [1.807, 2.05) is 17.0 Å². The predicted molar refractivity (Wildman–Crippen MR) is 109 cm³/mol. The van der Waals surface area contributed by atoms with E-state index in [1.54, 1.807) is 0 Å². The number of ether oxygens (including phenoxy) is 1. The van der Waals surface area contributed by atoms with Gasteiger partial charge in [0, 0.05) is 31.6 Å². The molecule has 0 atom stereocenters. The first-order chi connectivity index (χ1) is 13.5. The lowest BCUT2D eigenvalue weighted by Gasteiger charge is -2.39. The van der Waals surface area contributed by atoms with Crippen molar-refractivity contribution in [2.45, 2.75) is 57.9 Å². The molecule has 2 aliphatic heterocycles. The molecule has 1 spiro atoms. The number of carbonyl (C=O) groups is 2. The number of hydrogen-bond acceptors (Lipinski definition) is 3. The topological polar surface area (TPSA) is 70.7 Å². The lowest BCUT2D eigenvalue weighted by atomic mass is 9.86. The van der Waals surface area contributed by atoms with Crippen molar-refractivity contribution in [2.24, 2.45) is 5.92 Å². The van der Waals surface area contributed by atoms with Gasteiger partial charge in [-0.1, -0.05) is 26.0 Å². The molecule has 2 saturated heterocycles. The molecule has 3 rings (SSSR count). The summed E-state index contributed by atoms with van der Waals surface area (Å²) in [5.41, 5.74) is 1.12. The number of nitrogens with zero attached hydrogens (tertiary/aromatic N) is 1. The summed E-state index contributed by atoms with van der Waals surface area (Å²) in [6.45, 7) is 7.15. The highest BCUT2D eigenvalue weighted by molar-refractivity contribution is 5.79. The normalized spacial score (nSPS) is 18.4. The Hall–Kier alpha value is -2.24. The van der Waals surface area contributed by atoms with Gasteiger partial charge in [-0.25, -0.2) is 4.79 Å². The number of carbonyl (C=O) groups excluding carboxylic acids is 2. The van der Waals surface area contributed by atoms with E-state index in [0.29, 0.717) is 32.0 Å². The summed E-state index contributed by atoms with van der Waals surface area (Å²) in [5, 5.41) is 6.13. The van der Waals surface area contributed by atoms with Crippen LogP contribution >= 0.6 is 0 Å². The van der Waals surface area contributed by atoms with Crippen LogP contribution in [0.2, 0.25) is 0 Å². The number of benzene rings is 1. The van der Waals surface area contributed by atoms with E-state index in [-0.39, 0.29) is 17.5 Å². The Balaban J connectivity index is 1.35. The molecular formula is C22H33N3O3. The number of nitrogens with one attached hydrogen (secondary N) is 2. The number of hydrogen-bond donors (Lipinski definition) is 2. The van der Waals surface area contributed by atoms with E-state index in [4.69, 9.17) is 4.74 Å². The minimum atomic E-state index is -0.0626. The van der Waals surface area contributed by atoms with E-state index >= 15 is 0 Å². The molecule has 0 aliphatic carbocycles. The van der Waals surface area contributed by atoms with Gasteiger partial charge in [0.05, 0.1) is 6.61 Å². The lowest BCUT2D eigenvalue weighted by molar-refractivity contribution is -0.120. The van der Waals surface area contributed by atoms with Gasteiger partial charge in [0.2, 0.25) is 5.91 Å². The van der Waals surface area contributed by atoms with Crippen LogP contribution in [0.4, 0.5) is 4.79 Å². The van der Waals surface area contributed by atoms with Crippen LogP contribution in [0.15, 0.2) is 24.3 Å². The Morgan fingerprint density at radius 2 is 1.93 bits per heavy atom. The highest BCUT2D eigenvalue weighted by Gasteiger charge is 2.40. The average Bonchev–Trinajstić information content (AvgIpc) is 3.03. The molecule has 6 heteroatoms. The smallest absolute Gasteiger partial charge is 0.317 e. The van der Waals surface area contributed by atoms with Crippen LogP contribution in [-0.4, -0.2) is 48.6 Å². The van der Waals surface area contributed by atoms with E-state index in [9.17, 15) is 9.59 Å². The van der Waals surface area contributed by atoms with Crippen molar-refractivity contribution in [2.75, 3.05) is 26.2 Å². The number of rotatable bonds is 7. The predicted octanol–water partition coefficient (Wildman–Crippen LogP) is 3.11. The molecule has 1 aromatic rings. The maximum absolute atomic E-state index is 12.4. The molecule has 1 aromatic carbocycles. The number of urea groups is 1. The van der Waals surface area contributed by atoms with Crippen LogP contribution in [0, 0.1) is 5.92 Å². The van der Waals surface area contributed by atoms with Gasteiger partial charge in [0.1, 0.15) is 5.75 Å². The van der Waals surface area contributed by atoms with Crippen molar-refractivity contribution in [3.05, 3.63) is 29.8 Å². The van der Waals surface area contributed by atoms with Crippen molar-refractivity contribution in [1.29, 1.82) is 0 Å². The lowest BCUT2D eigenvalue weighted by Crippen LogP contribution is -2.54. The zero-order valence-corrected chi connectivity index (χ0v) is 17.1. The second-order valence-corrected chi connectivity index (χ2v) is 8.47. The van der Waals surface area contributed by atoms with Crippen LogP contribution in [-0.2, 0) is 11.2 Å². The minimum Gasteiger partial charge on any atom is -0.494 e. The number of likely N-dealkylation sites (tertiary alicyclic amines) is 1. The first-order valence-corrected chi connectivity index (χ1v) is 10.5. The van der Waals surface area contributed by atoms with E-state index < -0.39 is 0 Å². The van der Waals surface area contributed by atoms with Crippen molar-refractivity contribution in [3.8, 4) is 5.75 Å². The Kier molecular flexibility index (Phi) is 6.81. The van der Waals surface area contributed by atoms with Gasteiger partial charge in [0.25, 0.3) is 0 Å². The maximum Gasteiger partial charge on any atom is 0.317 e. The van der Waals surface area contributed by atoms with Gasteiger partial charge in [0.15, 0.2) is 0 Å². The zero-order valence-electron chi connectivity index (χ0n) is 17.1. The molecule has 0 saturated carbocycles. The fraction of sp³-hybridized carbons (Fsp3) is 0.636. The van der Waals surface area contributed by atoms with Crippen LogP contribution < -0.4 is 15.4 Å². The summed E-state index contributed by atoms with van der Waals surface area (Å²) in [7, 11) is 0. The molecular weight excluding hydrogens is 354 g/mol. The fourth-order valence-corrected chi connectivity index (χ4v) is 3.88. The van der Waals surface area contributed by atoms with Gasteiger partial charge < -0.3 is 20.3 Å². The van der Waals surface area contributed by atoms with Gasteiger partial charge in [-0.2, -0.15) is 0 Å². The molecule has 0 unspecified atom stereocenters. The molecule has 2 N–H and O–H groups in total. The third kappa shape index (κ3) is 5.63. The Morgan fingerprint density at radius 3 is 2.54 bits per heavy atom. The van der Waals surface area contributed by atoms with Gasteiger partial charge in [-0.05, 0) is 55.7 Å². The first kappa shape index (κ1) is 20.5. The summed E-state index contributed by atoms with van der Waals surface area (Å²) in [6, 6.07) is 8.11. The van der Waals surface area contributed by atoms with Crippen LogP contribution in [0.3, 0.4) is 0 Å². The van der Waals surface area contributed by atoms with Crippen LogP contribution in [0.25, 0.3) is 0 Å². The average molecular weight is 388 g/mol. The SMILES string of the molecule is CC(C)CCOc1ccc(CCNC(=O)N2CCC3(CCC(=O)N3)CC2)cc1. The molecule has 2 heterocycles. The van der Waals surface area contributed by atoms with E-state index in [2.05, 4.69) is 36.6 Å². The zero-order chi connectivity index (χ0) is 20.0. The molecule has 0 bridgehead atoms. The molecule has 28 heavy (non-hydrogen) atoms. The third-order valence-electron chi connectivity index (χ3n) is 5.82. The summed E-state index contributed by atoms with van der Waals surface area (Å²) < 4.78 is 5.74. The highest BCUT2D eigenvalue weighted by atomic mass is 16.5. The van der Waals surface area contributed by atoms with E-state index in [1.165, 1.54) is 5.56 Å². The van der Waals surface area contributed by atoms with Crippen LogP contribution in [0.1, 0.15) is 51.5 Å². The van der Waals surface area contributed by atoms with Crippen molar-refractivity contribution >= 4 is 11.9 Å². The molecule has 0 aromatic heterocycles. The standard InChI is InChI=1S/C22H33N3O3/c1-17(2)9-16-28-19-5-3-18(4-6-19)8-13-23-21(27)25-14-11-22(12-15-25)10-7-20(26)24-22/h3-6,17H,7-16H2,1-2H3,(H,23,27)(H,24,26). The summed E-state index contributed by atoms with van der Waals surface area (Å²) >= 11 is 0. The number of amides is 3. The Labute approximate surface area is 168 Å². The second kappa shape index (κ2) is 9.30. The summed E-state index contributed by atoms with van der Waals surface area (Å²) in [5.74, 6) is 1.69. The van der Waals surface area contributed by atoms with Gasteiger partial charge in [-0.3, -0.25) is 4.79 Å². The molecule has 6 nitrogen and oxygen atoms in total. The van der Waals surface area contributed by atoms with Crippen molar-refractivity contribution in [3.63, 3.8) is 0 Å². The first-order valence-electron chi connectivity index (χ1n) is 10.5. The monoisotopic (exact) mass is 387 g/mol. The maximum atomic E-state index is 12.4. The highest BCUT2D eigenvalue weighted by Crippen LogP contribution is 2.31. The molecule has 2 fully saturated rings. The largest absolute Gasteiger partial charge is 0.494 e. The molecule has 2 aliphatic rings. The third-order valence-corrected chi connectivity index (χ3v) is 5.82. The minimum absolute atomic E-state index is 0.00666. The quantitative estimate of drug-likeness (QED) is 0.755. The molecule has 0 radical (unpaired) electrons. The van der Waals surface area contributed by atoms with E-state index in [0.717, 1.165) is 44.5 Å². The van der Waals surface area contributed by atoms with Crippen molar-refractivity contribution in [1.82, 2.24) is 15.5 Å². The number of piperidine rings is 1. The second-order valence-electron chi connectivity index (χ2n) is 8.47. The van der Waals surface area contributed by atoms with Crippen LogP contribution in [0.5, 0.6) is 5.75 Å². The Bertz CT molecular complexity index is 664. The van der Waals surface area contributed by atoms with Gasteiger partial charge >= 0.3 is 6.03 Å². The van der Waals surface area contributed by atoms with Crippen molar-refractivity contribution < 1.29 is 14.3 Å². The molecule has 3 amide bonds. The fourth-order valence-electron chi connectivity index (χ4n) is 3.88. The Morgan fingerprint density at radius 1 is 1.21 bits per heavy atom. The van der Waals surface area contributed by atoms with Gasteiger partial charge in [-0.15, -0.1) is 0 Å².